The average molecular weight is 340 g/mol. The van der Waals surface area contributed by atoms with E-state index in [9.17, 15) is 5.26 Å². The summed E-state index contributed by atoms with van der Waals surface area (Å²) in [6, 6.07) is 26.7. The highest BCUT2D eigenvalue weighted by molar-refractivity contribution is 5.71. The summed E-state index contributed by atoms with van der Waals surface area (Å²) in [6.45, 7) is 2.74. The third-order valence-electron chi connectivity index (χ3n) is 4.91. The van der Waals surface area contributed by atoms with Crippen LogP contribution in [0.4, 0.5) is 22.7 Å². The molecule has 0 saturated carbocycles. The van der Waals surface area contributed by atoms with Gasteiger partial charge in [0, 0.05) is 23.3 Å². The molecule has 1 unspecified atom stereocenters. The van der Waals surface area contributed by atoms with Crippen molar-refractivity contribution in [1.29, 1.82) is 5.26 Å². The summed E-state index contributed by atoms with van der Waals surface area (Å²) in [5, 5.41) is 14.1. The lowest BCUT2D eigenvalue weighted by Gasteiger charge is -2.32. The molecular formula is C22H20N4+2. The fourth-order valence-corrected chi connectivity index (χ4v) is 3.49. The summed E-state index contributed by atoms with van der Waals surface area (Å²) in [6.07, 6.45) is 0. The van der Waals surface area contributed by atoms with Gasteiger partial charge in [0.15, 0.2) is 11.4 Å². The highest BCUT2D eigenvalue weighted by atomic mass is 15.5. The molecule has 0 saturated heterocycles. The second kappa shape index (κ2) is 6.21. The second-order valence-electron chi connectivity index (χ2n) is 6.82. The third kappa shape index (κ3) is 2.69. The zero-order valence-electron chi connectivity index (χ0n) is 14.9. The molecule has 0 aromatic heterocycles. The maximum absolute atomic E-state index is 9.23. The molecule has 1 aliphatic heterocycles. The molecule has 0 N–H and O–H groups in total. The maximum atomic E-state index is 9.23. The molecule has 26 heavy (non-hydrogen) atoms. The molecule has 1 aliphatic rings. The van der Waals surface area contributed by atoms with Gasteiger partial charge >= 0.3 is 6.67 Å². The minimum Gasteiger partial charge on any atom is -0.202 e. The number of benzene rings is 3. The summed E-state index contributed by atoms with van der Waals surface area (Å²) >= 11 is 0. The first kappa shape index (κ1) is 16.2. The van der Waals surface area contributed by atoms with Gasteiger partial charge in [-0.1, -0.05) is 30.3 Å². The van der Waals surface area contributed by atoms with Crippen molar-refractivity contribution in [2.75, 3.05) is 13.7 Å². The predicted molar refractivity (Wildman–Crippen MR) is 103 cm³/mol. The van der Waals surface area contributed by atoms with Crippen LogP contribution in [0.1, 0.15) is 11.1 Å². The average Bonchev–Trinajstić information content (AvgIpc) is 2.68. The number of hydrogen-bond acceptors (Lipinski definition) is 2. The van der Waals surface area contributed by atoms with Crippen molar-refractivity contribution < 1.29 is 4.70 Å². The van der Waals surface area contributed by atoms with E-state index in [0.717, 1.165) is 11.4 Å². The standard InChI is InChI=1S/C22H20N4/c1-17-11-12-22-21(13-17)24-25(19-8-6-7-18(14-19)15-23)16-26(22,2)20-9-4-3-5-10-20/h3-14H,16H2,1-2H3/q+2. The third-order valence-corrected chi connectivity index (χ3v) is 4.91. The second-order valence-corrected chi connectivity index (χ2v) is 6.82. The van der Waals surface area contributed by atoms with Gasteiger partial charge in [0.05, 0.1) is 18.7 Å². The number of nitriles is 1. The van der Waals surface area contributed by atoms with Crippen molar-refractivity contribution >= 4 is 22.7 Å². The molecule has 0 fully saturated rings. The minimum atomic E-state index is 0.622. The van der Waals surface area contributed by atoms with E-state index in [2.05, 4.69) is 62.5 Å². The monoisotopic (exact) mass is 340 g/mol. The largest absolute Gasteiger partial charge is 0.311 e. The van der Waals surface area contributed by atoms with E-state index < -0.39 is 0 Å². The van der Waals surface area contributed by atoms with Gasteiger partial charge in [0.1, 0.15) is 5.69 Å². The first-order valence-corrected chi connectivity index (χ1v) is 8.62. The zero-order chi connectivity index (χ0) is 18.1. The lowest BCUT2D eigenvalue weighted by Crippen LogP contribution is -2.46. The van der Waals surface area contributed by atoms with E-state index >= 15 is 0 Å². The predicted octanol–water partition coefficient (Wildman–Crippen LogP) is 5.53. The fourth-order valence-electron chi connectivity index (χ4n) is 3.49. The van der Waals surface area contributed by atoms with Gasteiger partial charge in [-0.15, -0.1) is 0 Å². The van der Waals surface area contributed by atoms with Gasteiger partial charge in [-0.2, -0.15) is 5.26 Å². The van der Waals surface area contributed by atoms with Gasteiger partial charge in [0.2, 0.25) is 5.69 Å². The fraction of sp³-hybridized carbons (Fsp3) is 0.136. The van der Waals surface area contributed by atoms with E-state index in [1.54, 1.807) is 0 Å². The van der Waals surface area contributed by atoms with Crippen molar-refractivity contribution in [2.45, 2.75) is 6.92 Å². The van der Waals surface area contributed by atoms with E-state index in [-0.39, 0.29) is 0 Å². The number of aryl methyl sites for hydroxylation is 1. The Labute approximate surface area is 153 Å². The smallest absolute Gasteiger partial charge is 0.202 e. The first-order chi connectivity index (χ1) is 12.6. The van der Waals surface area contributed by atoms with Crippen LogP contribution in [-0.2, 0) is 0 Å². The van der Waals surface area contributed by atoms with Crippen molar-refractivity contribution in [3.05, 3.63) is 83.9 Å². The SMILES string of the molecule is Cc1ccc2c(c1)N=[N+](c1cccc(C#N)c1)C[N+]2(C)c1ccccc1. The van der Waals surface area contributed by atoms with Gasteiger partial charge < -0.3 is 0 Å². The van der Waals surface area contributed by atoms with E-state index in [1.807, 2.05) is 35.0 Å². The Kier molecular flexibility index (Phi) is 3.87. The Morgan fingerprint density at radius 2 is 1.81 bits per heavy atom. The molecule has 0 bridgehead atoms. The quantitative estimate of drug-likeness (QED) is 0.446. The Balaban J connectivity index is 1.92. The van der Waals surface area contributed by atoms with E-state index in [0.29, 0.717) is 16.7 Å². The van der Waals surface area contributed by atoms with Gasteiger partial charge in [-0.3, -0.25) is 0 Å². The van der Waals surface area contributed by atoms with Crippen LogP contribution in [0.3, 0.4) is 0 Å². The normalized spacial score (nSPS) is 18.6. The summed E-state index contributed by atoms with van der Waals surface area (Å²) in [5.41, 5.74) is 6.09. The van der Waals surface area contributed by atoms with Crippen molar-refractivity contribution in [2.24, 2.45) is 5.11 Å². The summed E-state index contributed by atoms with van der Waals surface area (Å²) in [4.78, 5) is 0. The van der Waals surface area contributed by atoms with Crippen LogP contribution in [0.2, 0.25) is 0 Å². The van der Waals surface area contributed by atoms with Gasteiger partial charge in [0.25, 0.3) is 0 Å². The van der Waals surface area contributed by atoms with Crippen LogP contribution in [0.15, 0.2) is 77.9 Å². The molecule has 0 amide bonds. The Morgan fingerprint density at radius 1 is 1.00 bits per heavy atom. The van der Waals surface area contributed by atoms with Crippen molar-refractivity contribution in [3.63, 3.8) is 0 Å². The number of nitrogens with zero attached hydrogens (tertiary/aromatic N) is 4. The molecule has 0 radical (unpaired) electrons. The van der Waals surface area contributed by atoms with Crippen LogP contribution in [0.25, 0.3) is 0 Å². The summed E-state index contributed by atoms with van der Waals surface area (Å²) < 4.78 is 2.62. The number of quaternary nitrogens is 1. The summed E-state index contributed by atoms with van der Waals surface area (Å²) in [5.74, 6) is 0. The number of fused-ring (bicyclic) bond motifs is 1. The molecule has 126 valence electrons. The molecule has 0 aliphatic carbocycles. The van der Waals surface area contributed by atoms with Crippen LogP contribution >= 0.6 is 0 Å². The van der Waals surface area contributed by atoms with Gasteiger partial charge in [-0.05, 0) is 41.5 Å². The molecular weight excluding hydrogens is 320 g/mol. The molecule has 4 heteroatoms. The van der Waals surface area contributed by atoms with Crippen LogP contribution in [0.5, 0.6) is 0 Å². The Bertz CT molecular complexity index is 1050. The highest BCUT2D eigenvalue weighted by Crippen LogP contribution is 2.43. The number of hydrogen-bond donors (Lipinski definition) is 0. The Morgan fingerprint density at radius 3 is 2.58 bits per heavy atom. The topological polar surface area (TPSA) is 39.2 Å². The van der Waals surface area contributed by atoms with Crippen LogP contribution < -0.4 is 4.48 Å². The molecule has 3 aromatic rings. The lowest BCUT2D eigenvalue weighted by molar-refractivity contribution is -0.527. The number of azo groups is 2. The molecule has 1 heterocycles. The number of para-hydroxylation sites is 1. The maximum Gasteiger partial charge on any atom is 0.311 e. The molecule has 4 rings (SSSR count). The molecule has 3 aromatic carbocycles. The van der Waals surface area contributed by atoms with Crippen LogP contribution in [-0.4, -0.2) is 18.4 Å². The van der Waals surface area contributed by atoms with E-state index in [1.165, 1.54) is 16.9 Å². The van der Waals surface area contributed by atoms with E-state index in [4.69, 9.17) is 5.11 Å². The molecule has 0 spiro atoms. The van der Waals surface area contributed by atoms with Crippen molar-refractivity contribution in [3.8, 4) is 6.07 Å². The molecule has 4 nitrogen and oxygen atoms in total. The van der Waals surface area contributed by atoms with Crippen molar-refractivity contribution in [1.82, 2.24) is 4.48 Å². The first-order valence-electron chi connectivity index (χ1n) is 8.62. The molecule has 1 atom stereocenters. The number of rotatable bonds is 2. The van der Waals surface area contributed by atoms with Crippen LogP contribution in [0, 0.1) is 18.3 Å². The highest BCUT2D eigenvalue weighted by Gasteiger charge is 2.41. The Hall–Kier alpha value is -3.29. The lowest BCUT2D eigenvalue weighted by atomic mass is 10.1. The minimum absolute atomic E-state index is 0.622. The van der Waals surface area contributed by atoms with Gasteiger partial charge in [-0.25, -0.2) is 4.48 Å². The zero-order valence-corrected chi connectivity index (χ0v) is 14.9. The summed E-state index contributed by atoms with van der Waals surface area (Å²) in [7, 11) is 2.21.